The molecule has 4 nitrogen and oxygen atoms in total. The van der Waals surface area contributed by atoms with Crippen LogP contribution in [0.3, 0.4) is 0 Å². The van der Waals surface area contributed by atoms with E-state index in [-0.39, 0.29) is 5.69 Å². The van der Waals surface area contributed by atoms with Crippen molar-refractivity contribution < 1.29 is 5.11 Å². The van der Waals surface area contributed by atoms with Crippen molar-refractivity contribution >= 4 is 11.0 Å². The van der Waals surface area contributed by atoms with Crippen molar-refractivity contribution in [2.24, 2.45) is 14.1 Å². The minimum atomic E-state index is -0.514. The summed E-state index contributed by atoms with van der Waals surface area (Å²) >= 11 is 0. The second-order valence-electron chi connectivity index (χ2n) is 4.27. The number of rotatable bonds is 1. The van der Waals surface area contributed by atoms with E-state index in [0.29, 0.717) is 0 Å². The monoisotopic (exact) mass is 220 g/mol. The average molecular weight is 220 g/mol. The van der Waals surface area contributed by atoms with E-state index in [4.69, 9.17) is 0 Å². The van der Waals surface area contributed by atoms with Crippen LogP contribution >= 0.6 is 0 Å². The second-order valence-corrected chi connectivity index (χ2v) is 4.27. The summed E-state index contributed by atoms with van der Waals surface area (Å²) in [5.41, 5.74) is 3.58. The van der Waals surface area contributed by atoms with E-state index in [2.05, 4.69) is 0 Å². The maximum Gasteiger partial charge on any atom is 0.328 e. The third-order valence-electron chi connectivity index (χ3n) is 3.11. The summed E-state index contributed by atoms with van der Waals surface area (Å²) in [5.74, 6) is 0. The van der Waals surface area contributed by atoms with E-state index in [1.54, 1.807) is 30.2 Å². The Bertz CT molecular complexity index is 605. The Labute approximate surface area is 93.7 Å². The van der Waals surface area contributed by atoms with Crippen molar-refractivity contribution in [3.05, 3.63) is 33.7 Å². The number of aryl methyl sites for hydroxylation is 3. The molecular weight excluding hydrogens is 204 g/mol. The minimum Gasteiger partial charge on any atom is -0.389 e. The Morgan fingerprint density at radius 3 is 2.19 bits per heavy atom. The summed E-state index contributed by atoms with van der Waals surface area (Å²) in [4.78, 5) is 11.7. The number of fused-ring (bicyclic) bond motifs is 1. The van der Waals surface area contributed by atoms with E-state index in [9.17, 15) is 9.90 Å². The van der Waals surface area contributed by atoms with Gasteiger partial charge in [0.05, 0.1) is 17.1 Å². The Morgan fingerprint density at radius 2 is 1.69 bits per heavy atom. The van der Waals surface area contributed by atoms with Gasteiger partial charge in [-0.15, -0.1) is 0 Å². The average Bonchev–Trinajstić information content (AvgIpc) is 2.43. The second kappa shape index (κ2) is 3.49. The molecule has 2 aromatic rings. The van der Waals surface area contributed by atoms with Gasteiger partial charge in [0.25, 0.3) is 0 Å². The lowest BCUT2D eigenvalue weighted by atomic mass is 10.0. The van der Waals surface area contributed by atoms with Crippen LogP contribution in [0, 0.1) is 6.92 Å². The first-order valence-electron chi connectivity index (χ1n) is 5.27. The van der Waals surface area contributed by atoms with Crippen LogP contribution in [0.15, 0.2) is 16.9 Å². The molecule has 0 saturated heterocycles. The van der Waals surface area contributed by atoms with Gasteiger partial charge in [-0.2, -0.15) is 0 Å². The van der Waals surface area contributed by atoms with E-state index >= 15 is 0 Å². The number of nitrogens with zero attached hydrogens (tertiary/aromatic N) is 2. The molecule has 4 heteroatoms. The van der Waals surface area contributed by atoms with Gasteiger partial charge >= 0.3 is 5.69 Å². The summed E-state index contributed by atoms with van der Waals surface area (Å²) in [7, 11) is 3.50. The van der Waals surface area contributed by atoms with Gasteiger partial charge in [0.1, 0.15) is 0 Å². The van der Waals surface area contributed by atoms with Crippen molar-refractivity contribution in [3.8, 4) is 0 Å². The molecule has 0 aliphatic carbocycles. The summed E-state index contributed by atoms with van der Waals surface area (Å²) < 4.78 is 3.22. The quantitative estimate of drug-likeness (QED) is 0.786. The Balaban J connectivity index is 2.90. The molecule has 1 heterocycles. The van der Waals surface area contributed by atoms with Crippen molar-refractivity contribution in [3.63, 3.8) is 0 Å². The van der Waals surface area contributed by atoms with Gasteiger partial charge in [-0.1, -0.05) is 0 Å². The molecule has 0 saturated carbocycles. The number of benzene rings is 1. The molecule has 0 fully saturated rings. The van der Waals surface area contributed by atoms with Gasteiger partial charge in [-0.3, -0.25) is 9.13 Å². The molecule has 0 aliphatic rings. The topological polar surface area (TPSA) is 47.2 Å². The van der Waals surface area contributed by atoms with E-state index in [1.807, 2.05) is 19.1 Å². The highest BCUT2D eigenvalue weighted by atomic mass is 16.3. The fourth-order valence-corrected chi connectivity index (χ4v) is 2.12. The first-order valence-corrected chi connectivity index (χ1v) is 5.27. The fourth-order valence-electron chi connectivity index (χ4n) is 2.12. The zero-order valence-electron chi connectivity index (χ0n) is 9.98. The number of aliphatic hydroxyl groups excluding tert-OH is 1. The van der Waals surface area contributed by atoms with Gasteiger partial charge < -0.3 is 5.11 Å². The molecule has 86 valence electrons. The zero-order chi connectivity index (χ0) is 12.0. The van der Waals surface area contributed by atoms with Crippen LogP contribution in [0.5, 0.6) is 0 Å². The van der Waals surface area contributed by atoms with Crippen LogP contribution in [0.25, 0.3) is 11.0 Å². The lowest BCUT2D eigenvalue weighted by Gasteiger charge is -2.09. The molecule has 0 amide bonds. The maximum absolute atomic E-state index is 11.7. The highest BCUT2D eigenvalue weighted by molar-refractivity contribution is 5.78. The van der Waals surface area contributed by atoms with Crippen molar-refractivity contribution in [1.82, 2.24) is 9.13 Å². The summed E-state index contributed by atoms with van der Waals surface area (Å²) in [6.45, 7) is 3.67. The molecule has 1 aromatic carbocycles. The molecule has 1 unspecified atom stereocenters. The van der Waals surface area contributed by atoms with E-state index in [0.717, 1.165) is 22.2 Å². The van der Waals surface area contributed by atoms with Crippen LogP contribution in [-0.4, -0.2) is 14.2 Å². The predicted octanol–water partition coefficient (Wildman–Crippen LogP) is 1.24. The smallest absolute Gasteiger partial charge is 0.328 e. The Morgan fingerprint density at radius 1 is 1.19 bits per heavy atom. The highest BCUT2D eigenvalue weighted by Gasteiger charge is 2.12. The third-order valence-corrected chi connectivity index (χ3v) is 3.11. The third kappa shape index (κ3) is 1.38. The van der Waals surface area contributed by atoms with Crippen LogP contribution < -0.4 is 5.69 Å². The Hall–Kier alpha value is -1.55. The van der Waals surface area contributed by atoms with Gasteiger partial charge in [-0.25, -0.2) is 4.79 Å². The first-order chi connectivity index (χ1) is 7.43. The summed E-state index contributed by atoms with van der Waals surface area (Å²) in [5, 5.41) is 9.64. The molecule has 0 aliphatic heterocycles. The summed E-state index contributed by atoms with van der Waals surface area (Å²) in [6, 6.07) is 3.83. The van der Waals surface area contributed by atoms with Crippen LogP contribution in [0.1, 0.15) is 24.2 Å². The minimum absolute atomic E-state index is 0.0443. The fraction of sp³-hybridized carbons (Fsp3) is 0.417. The molecular formula is C12H16N2O2. The Kier molecular flexibility index (Phi) is 2.39. The SMILES string of the molecule is Cc1cc2c(cc1C(C)O)n(C)c(=O)n2C. The normalized spacial score (nSPS) is 13.3. The molecule has 1 aromatic heterocycles. The van der Waals surface area contributed by atoms with E-state index < -0.39 is 6.10 Å². The lowest BCUT2D eigenvalue weighted by Crippen LogP contribution is -2.19. The van der Waals surface area contributed by atoms with Crippen LogP contribution in [0.2, 0.25) is 0 Å². The number of hydrogen-bond donors (Lipinski definition) is 1. The number of aromatic nitrogens is 2. The molecule has 0 radical (unpaired) electrons. The highest BCUT2D eigenvalue weighted by Crippen LogP contribution is 2.23. The standard InChI is InChI=1S/C12H16N2O2/c1-7-5-10-11(6-9(7)8(2)15)14(4)12(16)13(10)3/h5-6,8,15H,1-4H3. The van der Waals surface area contributed by atoms with Crippen molar-refractivity contribution in [2.75, 3.05) is 0 Å². The summed E-state index contributed by atoms with van der Waals surface area (Å²) in [6.07, 6.45) is -0.514. The molecule has 2 rings (SSSR count). The van der Waals surface area contributed by atoms with Crippen molar-refractivity contribution in [1.29, 1.82) is 0 Å². The largest absolute Gasteiger partial charge is 0.389 e. The zero-order valence-corrected chi connectivity index (χ0v) is 9.98. The number of aliphatic hydroxyl groups is 1. The van der Waals surface area contributed by atoms with E-state index in [1.165, 1.54) is 0 Å². The van der Waals surface area contributed by atoms with Crippen molar-refractivity contribution in [2.45, 2.75) is 20.0 Å². The first kappa shape index (κ1) is 11.0. The molecule has 1 N–H and O–H groups in total. The number of hydrogen-bond acceptors (Lipinski definition) is 2. The van der Waals surface area contributed by atoms with Gasteiger partial charge in [0.15, 0.2) is 0 Å². The van der Waals surface area contributed by atoms with Crippen LogP contribution in [0.4, 0.5) is 0 Å². The van der Waals surface area contributed by atoms with Gasteiger partial charge in [-0.05, 0) is 37.1 Å². The molecule has 0 bridgehead atoms. The molecule has 1 atom stereocenters. The van der Waals surface area contributed by atoms with Gasteiger partial charge in [0, 0.05) is 14.1 Å². The lowest BCUT2D eigenvalue weighted by molar-refractivity contribution is 0.198. The molecule has 0 spiro atoms. The van der Waals surface area contributed by atoms with Crippen LogP contribution in [-0.2, 0) is 14.1 Å². The number of imidazole rings is 1. The molecule has 16 heavy (non-hydrogen) atoms. The van der Waals surface area contributed by atoms with Gasteiger partial charge in [0.2, 0.25) is 0 Å². The predicted molar refractivity (Wildman–Crippen MR) is 63.5 cm³/mol. The maximum atomic E-state index is 11.7.